The van der Waals surface area contributed by atoms with E-state index in [1.807, 2.05) is 0 Å². The number of hydrogen-bond acceptors (Lipinski definition) is 4. The molecule has 0 bridgehead atoms. The summed E-state index contributed by atoms with van der Waals surface area (Å²) in [4.78, 5) is 10.7. The highest BCUT2D eigenvalue weighted by atomic mass is 32.2. The van der Waals surface area contributed by atoms with Crippen molar-refractivity contribution >= 4 is 33.0 Å². The maximum Gasteiger partial charge on any atom is 0.345 e. The van der Waals surface area contributed by atoms with Gasteiger partial charge in [-0.25, -0.2) is 17.6 Å². The number of benzene rings is 1. The molecule has 0 aliphatic heterocycles. The molecule has 2 N–H and O–H groups in total. The molecule has 8 heteroatoms. The number of carbonyl (C=O) groups is 1. The fourth-order valence-electron chi connectivity index (χ4n) is 1.52. The molecule has 1 aromatic heterocycles. The number of nitrogens with one attached hydrogen (secondary N) is 1. The second-order valence-electron chi connectivity index (χ2n) is 3.99. The third kappa shape index (κ3) is 2.97. The summed E-state index contributed by atoms with van der Waals surface area (Å²) in [7, 11) is -3.88. The molecule has 0 fully saturated rings. The maximum atomic E-state index is 13.0. The van der Waals surface area contributed by atoms with E-state index in [2.05, 4.69) is 4.72 Å². The molecule has 2 rings (SSSR count). The molecule has 5 nitrogen and oxygen atoms in total. The van der Waals surface area contributed by atoms with E-state index >= 15 is 0 Å². The first-order valence-corrected chi connectivity index (χ1v) is 7.71. The van der Waals surface area contributed by atoms with Crippen molar-refractivity contribution in [2.75, 3.05) is 4.72 Å². The molecule has 0 radical (unpaired) electrons. The number of rotatable bonds is 4. The van der Waals surface area contributed by atoms with Crippen LogP contribution in [0.25, 0.3) is 0 Å². The lowest BCUT2D eigenvalue weighted by Crippen LogP contribution is -2.12. The molecule has 0 amide bonds. The zero-order valence-corrected chi connectivity index (χ0v) is 11.9. The number of aryl methyl sites for hydroxylation is 1. The minimum atomic E-state index is -3.88. The van der Waals surface area contributed by atoms with Gasteiger partial charge in [-0.1, -0.05) is 0 Å². The quantitative estimate of drug-likeness (QED) is 0.908. The van der Waals surface area contributed by atoms with E-state index in [0.717, 1.165) is 6.07 Å². The van der Waals surface area contributed by atoms with Crippen LogP contribution in [-0.2, 0) is 10.0 Å². The molecule has 2 aromatic rings. The fraction of sp³-hybridized carbons (Fsp3) is 0.0833. The zero-order chi connectivity index (χ0) is 14.9. The number of hydrogen-bond donors (Lipinski definition) is 2. The number of anilines is 1. The predicted octanol–water partition coefficient (Wildman–Crippen LogP) is 2.69. The van der Waals surface area contributed by atoms with Gasteiger partial charge in [0.1, 0.15) is 14.9 Å². The number of halogens is 1. The summed E-state index contributed by atoms with van der Waals surface area (Å²) in [5.41, 5.74) is 0.681. The van der Waals surface area contributed by atoms with E-state index in [1.165, 1.54) is 24.3 Å². The number of sulfonamides is 1. The Bertz CT molecular complexity index is 768. The first-order chi connectivity index (χ1) is 9.29. The number of aromatic carboxylic acids is 1. The van der Waals surface area contributed by atoms with Gasteiger partial charge in [0.25, 0.3) is 10.0 Å². The molecule has 0 aliphatic rings. The van der Waals surface area contributed by atoms with E-state index in [-0.39, 0.29) is 14.8 Å². The van der Waals surface area contributed by atoms with E-state index in [9.17, 15) is 17.6 Å². The zero-order valence-electron chi connectivity index (χ0n) is 10.3. The smallest absolute Gasteiger partial charge is 0.345 e. The summed E-state index contributed by atoms with van der Waals surface area (Å²) in [6.45, 7) is 1.57. The van der Waals surface area contributed by atoms with Crippen LogP contribution >= 0.6 is 11.3 Å². The molecule has 20 heavy (non-hydrogen) atoms. The Balaban J connectivity index is 2.33. The van der Waals surface area contributed by atoms with Crippen LogP contribution < -0.4 is 4.72 Å². The van der Waals surface area contributed by atoms with Crippen molar-refractivity contribution in [3.05, 3.63) is 46.6 Å². The summed E-state index contributed by atoms with van der Waals surface area (Å²) < 4.78 is 39.3. The van der Waals surface area contributed by atoms with Crippen molar-refractivity contribution < 1.29 is 22.7 Å². The van der Waals surface area contributed by atoms with Crippen LogP contribution in [0.1, 0.15) is 15.2 Å². The molecule has 106 valence electrons. The summed E-state index contributed by atoms with van der Waals surface area (Å²) in [5.74, 6) is -1.65. The maximum absolute atomic E-state index is 13.0. The average molecular weight is 315 g/mol. The van der Waals surface area contributed by atoms with Gasteiger partial charge in [-0.05, 0) is 42.8 Å². The number of carboxylic acid groups (broad SMARTS) is 1. The molecule has 0 aliphatic carbocycles. The van der Waals surface area contributed by atoms with Gasteiger partial charge in [-0.3, -0.25) is 4.72 Å². The fourth-order valence-corrected chi connectivity index (χ4v) is 3.79. The second-order valence-corrected chi connectivity index (χ2v) is 6.98. The Hall–Kier alpha value is -1.93. The lowest BCUT2D eigenvalue weighted by atomic mass is 10.2. The number of thiophene rings is 1. The second kappa shape index (κ2) is 5.22. The van der Waals surface area contributed by atoms with Gasteiger partial charge in [0, 0.05) is 0 Å². The average Bonchev–Trinajstić information content (AvgIpc) is 2.83. The first-order valence-electron chi connectivity index (χ1n) is 5.42. The van der Waals surface area contributed by atoms with Crippen LogP contribution in [0.2, 0.25) is 0 Å². The minimum Gasteiger partial charge on any atom is -0.477 e. The monoisotopic (exact) mass is 315 g/mol. The van der Waals surface area contributed by atoms with Crippen LogP contribution in [0.5, 0.6) is 0 Å². The topological polar surface area (TPSA) is 83.5 Å². The van der Waals surface area contributed by atoms with Gasteiger partial charge < -0.3 is 5.11 Å². The first kappa shape index (κ1) is 14.5. The van der Waals surface area contributed by atoms with Crippen molar-refractivity contribution in [1.82, 2.24) is 0 Å². The third-order valence-corrected chi connectivity index (χ3v) is 5.42. The highest BCUT2D eigenvalue weighted by molar-refractivity contribution is 7.94. The largest absolute Gasteiger partial charge is 0.477 e. The molecular formula is C12H10FNO4S2. The normalized spacial score (nSPS) is 11.3. The summed E-state index contributed by atoms with van der Waals surface area (Å²) >= 11 is 0.652. The Morgan fingerprint density at radius 2 is 2.00 bits per heavy atom. The third-order valence-electron chi connectivity index (χ3n) is 2.49. The molecule has 0 spiro atoms. The Morgan fingerprint density at radius 1 is 1.30 bits per heavy atom. The Kier molecular flexibility index (Phi) is 3.78. The van der Waals surface area contributed by atoms with E-state index in [1.54, 1.807) is 6.92 Å². The predicted molar refractivity (Wildman–Crippen MR) is 73.2 cm³/mol. The van der Waals surface area contributed by atoms with Gasteiger partial charge in [0.15, 0.2) is 0 Å². The molecule has 0 saturated carbocycles. The van der Waals surface area contributed by atoms with Gasteiger partial charge in [0.2, 0.25) is 0 Å². The molecule has 0 atom stereocenters. The Labute approximate surface area is 118 Å². The van der Waals surface area contributed by atoms with Crippen LogP contribution in [0.4, 0.5) is 10.1 Å². The van der Waals surface area contributed by atoms with Crippen LogP contribution in [0.15, 0.2) is 34.5 Å². The minimum absolute atomic E-state index is 0.0683. The van der Waals surface area contributed by atoms with Gasteiger partial charge >= 0.3 is 5.97 Å². The van der Waals surface area contributed by atoms with Gasteiger partial charge in [0.05, 0.1) is 5.69 Å². The van der Waals surface area contributed by atoms with E-state index in [0.29, 0.717) is 16.9 Å². The summed E-state index contributed by atoms with van der Waals surface area (Å²) in [5, 5.41) is 8.78. The van der Waals surface area contributed by atoms with Crippen LogP contribution in [0.3, 0.4) is 0 Å². The standard InChI is InChI=1S/C12H10FNO4S2/c1-7-6-8(13)2-3-9(7)14-20(17,18)11-5-4-10(19-11)12(15)16/h2-6,14H,1H3,(H,15,16). The lowest BCUT2D eigenvalue weighted by molar-refractivity contribution is 0.0702. The number of carboxylic acids is 1. The molecule has 1 heterocycles. The molecule has 1 aromatic carbocycles. The SMILES string of the molecule is Cc1cc(F)ccc1NS(=O)(=O)c1ccc(C(=O)O)s1. The van der Waals surface area contributed by atoms with Crippen molar-refractivity contribution in [2.45, 2.75) is 11.1 Å². The van der Waals surface area contributed by atoms with Crippen molar-refractivity contribution in [3.8, 4) is 0 Å². The summed E-state index contributed by atoms with van der Waals surface area (Å²) in [6, 6.07) is 6.10. The highest BCUT2D eigenvalue weighted by Gasteiger charge is 2.19. The Morgan fingerprint density at radius 3 is 2.55 bits per heavy atom. The van der Waals surface area contributed by atoms with Crippen molar-refractivity contribution in [2.24, 2.45) is 0 Å². The van der Waals surface area contributed by atoms with Crippen molar-refractivity contribution in [1.29, 1.82) is 0 Å². The highest BCUT2D eigenvalue weighted by Crippen LogP contribution is 2.25. The lowest BCUT2D eigenvalue weighted by Gasteiger charge is -2.09. The van der Waals surface area contributed by atoms with Gasteiger partial charge in [-0.15, -0.1) is 11.3 Å². The molecule has 0 unspecified atom stereocenters. The van der Waals surface area contributed by atoms with Crippen LogP contribution in [0, 0.1) is 12.7 Å². The van der Waals surface area contributed by atoms with Crippen LogP contribution in [-0.4, -0.2) is 19.5 Å². The van der Waals surface area contributed by atoms with Gasteiger partial charge in [-0.2, -0.15) is 0 Å². The van der Waals surface area contributed by atoms with Crippen molar-refractivity contribution in [3.63, 3.8) is 0 Å². The van der Waals surface area contributed by atoms with E-state index in [4.69, 9.17) is 5.11 Å². The van der Waals surface area contributed by atoms with E-state index < -0.39 is 21.8 Å². The summed E-state index contributed by atoms with van der Waals surface area (Å²) in [6.07, 6.45) is 0. The molecular weight excluding hydrogens is 305 g/mol. The molecule has 0 saturated heterocycles.